The molecule has 0 saturated heterocycles. The second-order valence-corrected chi connectivity index (χ2v) is 8.33. The molecule has 0 spiro atoms. The van der Waals surface area contributed by atoms with Crippen LogP contribution in [0.25, 0.3) is 0 Å². The lowest BCUT2D eigenvalue weighted by Crippen LogP contribution is -2.31. The highest BCUT2D eigenvalue weighted by Gasteiger charge is 2.28. The number of benzene rings is 1. The fraction of sp³-hybridized carbons (Fsp3) is 0.593. The fourth-order valence-electron chi connectivity index (χ4n) is 3.79. The van der Waals surface area contributed by atoms with Crippen LogP contribution >= 0.6 is 0 Å². The number of unbranched alkanes of at least 4 members (excludes halogenated alkanes) is 8. The van der Waals surface area contributed by atoms with Gasteiger partial charge in [0.1, 0.15) is 0 Å². The van der Waals surface area contributed by atoms with Gasteiger partial charge in [-0.1, -0.05) is 114 Å². The Kier molecular flexibility index (Phi) is 11.7. The number of rotatable bonds is 15. The lowest BCUT2D eigenvalue weighted by Gasteiger charge is -2.32. The van der Waals surface area contributed by atoms with Gasteiger partial charge in [-0.2, -0.15) is 0 Å². The molecule has 1 aromatic carbocycles. The van der Waals surface area contributed by atoms with E-state index in [0.717, 1.165) is 30.7 Å². The van der Waals surface area contributed by atoms with Gasteiger partial charge in [-0.25, -0.2) is 0 Å². The minimum atomic E-state index is -0.122. The van der Waals surface area contributed by atoms with Crippen molar-refractivity contribution in [3.05, 3.63) is 59.8 Å². The van der Waals surface area contributed by atoms with E-state index in [9.17, 15) is 0 Å². The monoisotopic (exact) mass is 395 g/mol. The summed E-state index contributed by atoms with van der Waals surface area (Å²) in [5.74, 6) is 0. The minimum absolute atomic E-state index is 0.122. The van der Waals surface area contributed by atoms with Crippen LogP contribution in [0.2, 0.25) is 0 Å². The number of aliphatic imine (C=N–C) groups is 1. The zero-order chi connectivity index (χ0) is 20.6. The molecule has 1 aromatic rings. The first kappa shape index (κ1) is 23.6. The maximum Gasteiger partial charge on any atom is 0.0901 e. The Hall–Kier alpha value is -1.67. The molecule has 0 saturated carbocycles. The molecular weight excluding hydrogens is 354 g/mol. The van der Waals surface area contributed by atoms with E-state index in [0.29, 0.717) is 0 Å². The SMILES string of the molecule is CCCCCCCCCCOC1(CCCC)C=CC(N=Cc2ccccc2)=CC1. The summed E-state index contributed by atoms with van der Waals surface area (Å²) in [6.07, 6.45) is 23.8. The standard InChI is InChI=1S/C27H41NO/c1-3-5-7-8-9-10-11-15-23-29-27(20-6-4-2)21-18-26(19-22-27)28-24-25-16-13-12-14-17-25/h12-14,16-19,21,24H,3-11,15,20,22-23H2,1-2H3. The normalized spacial score (nSPS) is 19.0. The van der Waals surface area contributed by atoms with Gasteiger partial charge in [0.05, 0.1) is 11.3 Å². The van der Waals surface area contributed by atoms with E-state index < -0.39 is 0 Å². The third-order valence-electron chi connectivity index (χ3n) is 5.72. The molecule has 0 fully saturated rings. The summed E-state index contributed by atoms with van der Waals surface area (Å²) in [5, 5.41) is 0. The van der Waals surface area contributed by atoms with Gasteiger partial charge in [0.15, 0.2) is 0 Å². The average Bonchev–Trinajstić information content (AvgIpc) is 2.77. The van der Waals surface area contributed by atoms with Crippen molar-refractivity contribution in [1.29, 1.82) is 0 Å². The fourth-order valence-corrected chi connectivity index (χ4v) is 3.79. The van der Waals surface area contributed by atoms with Gasteiger partial charge in [-0.3, -0.25) is 4.99 Å². The van der Waals surface area contributed by atoms with Crippen molar-refractivity contribution < 1.29 is 4.74 Å². The predicted molar refractivity (Wildman–Crippen MR) is 127 cm³/mol. The first-order chi connectivity index (χ1) is 14.3. The highest BCUT2D eigenvalue weighted by molar-refractivity contribution is 5.80. The number of hydrogen-bond acceptors (Lipinski definition) is 2. The molecule has 1 aliphatic carbocycles. The molecule has 2 nitrogen and oxygen atoms in total. The summed E-state index contributed by atoms with van der Waals surface area (Å²) >= 11 is 0. The van der Waals surface area contributed by atoms with Gasteiger partial charge < -0.3 is 4.74 Å². The van der Waals surface area contributed by atoms with Crippen molar-refractivity contribution in [2.45, 2.75) is 96.5 Å². The smallest absolute Gasteiger partial charge is 0.0901 e. The Morgan fingerprint density at radius 1 is 0.897 bits per heavy atom. The Morgan fingerprint density at radius 3 is 2.24 bits per heavy atom. The summed E-state index contributed by atoms with van der Waals surface area (Å²) in [6.45, 7) is 5.41. The zero-order valence-corrected chi connectivity index (χ0v) is 18.7. The largest absolute Gasteiger partial charge is 0.371 e. The van der Waals surface area contributed by atoms with Crippen LogP contribution in [0.1, 0.15) is 96.5 Å². The first-order valence-corrected chi connectivity index (χ1v) is 11.9. The summed E-state index contributed by atoms with van der Waals surface area (Å²) in [7, 11) is 0. The van der Waals surface area contributed by atoms with Gasteiger partial charge in [-0.05, 0) is 24.5 Å². The number of nitrogens with zero attached hydrogens (tertiary/aromatic N) is 1. The van der Waals surface area contributed by atoms with Crippen LogP contribution in [0, 0.1) is 0 Å². The lowest BCUT2D eigenvalue weighted by molar-refractivity contribution is -0.0167. The summed E-state index contributed by atoms with van der Waals surface area (Å²) in [4.78, 5) is 4.64. The Labute approximate surface area is 179 Å². The van der Waals surface area contributed by atoms with Crippen LogP contribution in [0.5, 0.6) is 0 Å². The van der Waals surface area contributed by atoms with E-state index in [4.69, 9.17) is 4.74 Å². The van der Waals surface area contributed by atoms with Crippen molar-refractivity contribution in [2.75, 3.05) is 6.61 Å². The van der Waals surface area contributed by atoms with Crippen molar-refractivity contribution in [2.24, 2.45) is 4.99 Å². The summed E-state index contributed by atoms with van der Waals surface area (Å²) < 4.78 is 6.45. The molecular formula is C27H41NO. The van der Waals surface area contributed by atoms with Gasteiger partial charge in [0, 0.05) is 19.2 Å². The quantitative estimate of drug-likeness (QED) is 0.217. The average molecular weight is 396 g/mol. The Morgan fingerprint density at radius 2 is 1.59 bits per heavy atom. The summed E-state index contributed by atoms with van der Waals surface area (Å²) in [5.41, 5.74) is 2.05. The van der Waals surface area contributed by atoms with Gasteiger partial charge >= 0.3 is 0 Å². The third kappa shape index (κ3) is 9.58. The van der Waals surface area contributed by atoms with Crippen LogP contribution in [-0.4, -0.2) is 18.4 Å². The van der Waals surface area contributed by atoms with Crippen molar-refractivity contribution in [1.82, 2.24) is 0 Å². The molecule has 0 aromatic heterocycles. The highest BCUT2D eigenvalue weighted by Crippen LogP contribution is 2.31. The van der Waals surface area contributed by atoms with Crippen LogP contribution in [0.15, 0.2) is 59.2 Å². The van der Waals surface area contributed by atoms with Crippen molar-refractivity contribution in [3.8, 4) is 0 Å². The maximum absolute atomic E-state index is 6.45. The topological polar surface area (TPSA) is 21.6 Å². The maximum atomic E-state index is 6.45. The van der Waals surface area contributed by atoms with Crippen LogP contribution < -0.4 is 0 Å². The molecule has 1 atom stereocenters. The van der Waals surface area contributed by atoms with E-state index in [1.54, 1.807) is 0 Å². The zero-order valence-electron chi connectivity index (χ0n) is 18.7. The Balaban J connectivity index is 1.75. The molecule has 1 unspecified atom stereocenters. The molecule has 0 radical (unpaired) electrons. The van der Waals surface area contributed by atoms with E-state index in [-0.39, 0.29) is 5.60 Å². The number of allylic oxidation sites excluding steroid dienone is 1. The Bertz CT molecular complexity index is 631. The highest BCUT2D eigenvalue weighted by atomic mass is 16.5. The molecule has 29 heavy (non-hydrogen) atoms. The predicted octanol–water partition coefficient (Wildman–Crippen LogP) is 8.04. The van der Waals surface area contributed by atoms with Crippen LogP contribution in [0.3, 0.4) is 0 Å². The van der Waals surface area contributed by atoms with Gasteiger partial charge in [0.25, 0.3) is 0 Å². The first-order valence-electron chi connectivity index (χ1n) is 11.9. The minimum Gasteiger partial charge on any atom is -0.371 e. The van der Waals surface area contributed by atoms with E-state index in [2.05, 4.69) is 49.2 Å². The van der Waals surface area contributed by atoms with Gasteiger partial charge in [0.2, 0.25) is 0 Å². The second-order valence-electron chi connectivity index (χ2n) is 8.33. The van der Waals surface area contributed by atoms with Crippen LogP contribution in [0.4, 0.5) is 0 Å². The molecule has 160 valence electrons. The molecule has 0 N–H and O–H groups in total. The molecule has 1 aliphatic rings. The van der Waals surface area contributed by atoms with Crippen molar-refractivity contribution >= 4 is 6.21 Å². The molecule has 2 rings (SSSR count). The lowest BCUT2D eigenvalue weighted by atomic mass is 9.88. The number of hydrogen-bond donors (Lipinski definition) is 0. The van der Waals surface area contributed by atoms with Crippen molar-refractivity contribution in [3.63, 3.8) is 0 Å². The third-order valence-corrected chi connectivity index (χ3v) is 5.72. The molecule has 0 aliphatic heterocycles. The van der Waals surface area contributed by atoms with E-state index >= 15 is 0 Å². The second kappa shape index (κ2) is 14.3. The molecule has 0 heterocycles. The molecule has 0 bridgehead atoms. The van der Waals surface area contributed by atoms with E-state index in [1.165, 1.54) is 64.2 Å². The van der Waals surface area contributed by atoms with Gasteiger partial charge in [-0.15, -0.1) is 0 Å². The molecule has 0 amide bonds. The van der Waals surface area contributed by atoms with E-state index in [1.807, 2.05) is 24.4 Å². The van der Waals surface area contributed by atoms with Crippen LogP contribution in [-0.2, 0) is 4.74 Å². The number of ether oxygens (including phenoxy) is 1. The molecule has 2 heteroatoms. The summed E-state index contributed by atoms with van der Waals surface area (Å²) in [6, 6.07) is 10.3.